The first-order valence-electron chi connectivity index (χ1n) is 7.72. The average molecular weight is 276 g/mol. The highest BCUT2D eigenvalue weighted by atomic mass is 16.7. The number of nitrogens with zero attached hydrogens (tertiary/aromatic N) is 1. The van der Waals surface area contributed by atoms with Crippen molar-refractivity contribution in [1.29, 1.82) is 0 Å². The van der Waals surface area contributed by atoms with Gasteiger partial charge in [-0.25, -0.2) is 0 Å². The van der Waals surface area contributed by atoms with Gasteiger partial charge < -0.3 is 19.7 Å². The summed E-state index contributed by atoms with van der Waals surface area (Å²) < 4.78 is 10.9. The van der Waals surface area contributed by atoms with E-state index >= 15 is 0 Å². The lowest BCUT2D eigenvalue weighted by Crippen LogP contribution is -2.38. The van der Waals surface area contributed by atoms with E-state index < -0.39 is 0 Å². The van der Waals surface area contributed by atoms with E-state index in [0.717, 1.165) is 24.6 Å². The van der Waals surface area contributed by atoms with Crippen LogP contribution in [0.2, 0.25) is 0 Å². The monoisotopic (exact) mass is 276 g/mol. The Labute approximate surface area is 121 Å². The molecule has 1 aromatic rings. The number of benzene rings is 1. The van der Waals surface area contributed by atoms with Gasteiger partial charge in [-0.15, -0.1) is 0 Å². The second-order valence-electron chi connectivity index (χ2n) is 5.58. The van der Waals surface area contributed by atoms with E-state index in [0.29, 0.717) is 12.8 Å². The molecule has 1 fully saturated rings. The zero-order valence-corrected chi connectivity index (χ0v) is 12.2. The SMILES string of the molecule is CCNC(CN1CCCCC1)c1ccc2c(c1)OCO2. The van der Waals surface area contributed by atoms with E-state index in [2.05, 4.69) is 29.3 Å². The van der Waals surface area contributed by atoms with Crippen LogP contribution >= 0.6 is 0 Å². The zero-order chi connectivity index (χ0) is 13.8. The first-order chi connectivity index (χ1) is 9.86. The maximum Gasteiger partial charge on any atom is 0.231 e. The number of likely N-dealkylation sites (N-methyl/N-ethyl adjacent to an activating group) is 1. The highest BCUT2D eigenvalue weighted by molar-refractivity contribution is 5.45. The molecule has 2 aliphatic rings. The second-order valence-corrected chi connectivity index (χ2v) is 5.58. The summed E-state index contributed by atoms with van der Waals surface area (Å²) in [5, 5.41) is 3.60. The molecule has 2 heterocycles. The van der Waals surface area contributed by atoms with Crippen molar-refractivity contribution in [3.05, 3.63) is 23.8 Å². The lowest BCUT2D eigenvalue weighted by molar-refractivity contribution is 0.174. The molecule has 2 aliphatic heterocycles. The molecule has 4 nitrogen and oxygen atoms in total. The fourth-order valence-electron chi connectivity index (χ4n) is 3.06. The van der Waals surface area contributed by atoms with Crippen LogP contribution in [0.3, 0.4) is 0 Å². The standard InChI is InChI=1S/C16H24N2O2/c1-2-17-14(11-18-8-4-3-5-9-18)13-6-7-15-16(10-13)20-12-19-15/h6-7,10,14,17H,2-5,8-9,11-12H2,1H3. The predicted octanol–water partition coefficient (Wildman–Crippen LogP) is 2.55. The molecule has 0 radical (unpaired) electrons. The van der Waals surface area contributed by atoms with Crippen LogP contribution in [0.5, 0.6) is 11.5 Å². The molecule has 0 spiro atoms. The van der Waals surface area contributed by atoms with Crippen molar-refractivity contribution in [3.63, 3.8) is 0 Å². The first-order valence-corrected chi connectivity index (χ1v) is 7.72. The minimum Gasteiger partial charge on any atom is -0.454 e. The number of hydrogen-bond acceptors (Lipinski definition) is 4. The quantitative estimate of drug-likeness (QED) is 0.896. The maximum atomic E-state index is 5.49. The van der Waals surface area contributed by atoms with Gasteiger partial charge in [0, 0.05) is 12.6 Å². The van der Waals surface area contributed by atoms with E-state index in [1.165, 1.54) is 37.9 Å². The molecule has 0 aliphatic carbocycles. The molecule has 1 saturated heterocycles. The van der Waals surface area contributed by atoms with Crippen molar-refractivity contribution < 1.29 is 9.47 Å². The summed E-state index contributed by atoms with van der Waals surface area (Å²) in [6.07, 6.45) is 4.05. The summed E-state index contributed by atoms with van der Waals surface area (Å²) in [5.74, 6) is 1.74. The molecular weight excluding hydrogens is 252 g/mol. The summed E-state index contributed by atoms with van der Waals surface area (Å²) in [7, 11) is 0. The Balaban J connectivity index is 1.72. The summed E-state index contributed by atoms with van der Waals surface area (Å²) in [4.78, 5) is 2.57. The van der Waals surface area contributed by atoms with Crippen LogP contribution in [0.25, 0.3) is 0 Å². The van der Waals surface area contributed by atoms with Gasteiger partial charge >= 0.3 is 0 Å². The van der Waals surface area contributed by atoms with E-state index in [1.54, 1.807) is 0 Å². The number of nitrogens with one attached hydrogen (secondary N) is 1. The third-order valence-corrected chi connectivity index (χ3v) is 4.14. The van der Waals surface area contributed by atoms with E-state index in [9.17, 15) is 0 Å². The van der Waals surface area contributed by atoms with Gasteiger partial charge in [-0.1, -0.05) is 19.4 Å². The Morgan fingerprint density at radius 1 is 1.15 bits per heavy atom. The molecule has 0 amide bonds. The number of piperidine rings is 1. The summed E-state index contributed by atoms with van der Waals surface area (Å²) in [6, 6.07) is 6.68. The van der Waals surface area contributed by atoms with Gasteiger partial charge in [0.25, 0.3) is 0 Å². The summed E-state index contributed by atoms with van der Waals surface area (Å²) in [5.41, 5.74) is 1.29. The molecule has 20 heavy (non-hydrogen) atoms. The Morgan fingerprint density at radius 3 is 2.75 bits per heavy atom. The molecule has 3 rings (SSSR count). The molecule has 110 valence electrons. The van der Waals surface area contributed by atoms with Crippen molar-refractivity contribution in [3.8, 4) is 11.5 Å². The van der Waals surface area contributed by atoms with Crippen LogP contribution in [0.15, 0.2) is 18.2 Å². The molecule has 1 atom stereocenters. The largest absolute Gasteiger partial charge is 0.454 e. The number of hydrogen-bond donors (Lipinski definition) is 1. The highest BCUT2D eigenvalue weighted by Gasteiger charge is 2.20. The number of rotatable bonds is 5. The van der Waals surface area contributed by atoms with Gasteiger partial charge in [-0.05, 0) is 50.2 Å². The van der Waals surface area contributed by atoms with E-state index in [-0.39, 0.29) is 0 Å². The highest BCUT2D eigenvalue weighted by Crippen LogP contribution is 2.34. The van der Waals surface area contributed by atoms with Crippen LogP contribution < -0.4 is 14.8 Å². The van der Waals surface area contributed by atoms with Crippen LogP contribution in [0, 0.1) is 0 Å². The first kappa shape index (κ1) is 13.7. The van der Waals surface area contributed by atoms with E-state index in [4.69, 9.17) is 9.47 Å². The topological polar surface area (TPSA) is 33.7 Å². The van der Waals surface area contributed by atoms with Gasteiger partial charge in [0.05, 0.1) is 0 Å². The molecular formula is C16H24N2O2. The third-order valence-electron chi connectivity index (χ3n) is 4.14. The van der Waals surface area contributed by atoms with Crippen molar-refractivity contribution in [1.82, 2.24) is 10.2 Å². The molecule has 1 unspecified atom stereocenters. The third kappa shape index (κ3) is 3.07. The minimum absolute atomic E-state index is 0.344. The van der Waals surface area contributed by atoms with Crippen LogP contribution in [-0.2, 0) is 0 Å². The Morgan fingerprint density at radius 2 is 1.95 bits per heavy atom. The van der Waals surface area contributed by atoms with Gasteiger partial charge in [0.2, 0.25) is 6.79 Å². The normalized spacial score (nSPS) is 20.1. The fourth-order valence-corrected chi connectivity index (χ4v) is 3.06. The van der Waals surface area contributed by atoms with Crippen molar-refractivity contribution >= 4 is 0 Å². The molecule has 0 aromatic heterocycles. The number of ether oxygens (including phenoxy) is 2. The van der Waals surface area contributed by atoms with Gasteiger partial charge in [-0.3, -0.25) is 0 Å². The molecule has 1 N–H and O–H groups in total. The van der Waals surface area contributed by atoms with E-state index in [1.807, 2.05) is 6.07 Å². The van der Waals surface area contributed by atoms with Gasteiger partial charge in [0.1, 0.15) is 0 Å². The van der Waals surface area contributed by atoms with Crippen LogP contribution in [0.4, 0.5) is 0 Å². The Bertz CT molecular complexity index is 444. The van der Waals surface area contributed by atoms with Crippen molar-refractivity contribution in [2.75, 3.05) is 33.0 Å². The maximum absolute atomic E-state index is 5.49. The molecule has 0 bridgehead atoms. The van der Waals surface area contributed by atoms with Crippen molar-refractivity contribution in [2.24, 2.45) is 0 Å². The summed E-state index contributed by atoms with van der Waals surface area (Å²) in [6.45, 7) is 7.02. The van der Waals surface area contributed by atoms with Gasteiger partial charge in [0.15, 0.2) is 11.5 Å². The smallest absolute Gasteiger partial charge is 0.231 e. The predicted molar refractivity (Wildman–Crippen MR) is 79.3 cm³/mol. The zero-order valence-electron chi connectivity index (χ0n) is 12.2. The molecule has 1 aromatic carbocycles. The van der Waals surface area contributed by atoms with Crippen molar-refractivity contribution in [2.45, 2.75) is 32.2 Å². The minimum atomic E-state index is 0.344. The Kier molecular flexibility index (Phi) is 4.43. The number of fused-ring (bicyclic) bond motifs is 1. The lowest BCUT2D eigenvalue weighted by atomic mass is 10.0. The van der Waals surface area contributed by atoms with Gasteiger partial charge in [-0.2, -0.15) is 0 Å². The second kappa shape index (κ2) is 6.46. The van der Waals surface area contributed by atoms with Crippen LogP contribution in [-0.4, -0.2) is 37.9 Å². The molecule has 0 saturated carbocycles. The number of likely N-dealkylation sites (tertiary alicyclic amines) is 1. The molecule has 4 heteroatoms. The summed E-state index contributed by atoms with van der Waals surface area (Å²) >= 11 is 0. The van der Waals surface area contributed by atoms with Crippen LogP contribution in [0.1, 0.15) is 37.8 Å². The fraction of sp³-hybridized carbons (Fsp3) is 0.625. The lowest BCUT2D eigenvalue weighted by Gasteiger charge is -2.31. The average Bonchev–Trinajstić information content (AvgIpc) is 2.95. The Hall–Kier alpha value is -1.26.